The summed E-state index contributed by atoms with van der Waals surface area (Å²) in [4.78, 5) is 16.4. The minimum Gasteiger partial charge on any atom is -0.339 e. The van der Waals surface area contributed by atoms with Crippen LogP contribution in [-0.4, -0.2) is 61.0 Å². The Morgan fingerprint density at radius 1 is 1.31 bits per heavy atom. The van der Waals surface area contributed by atoms with Gasteiger partial charge < -0.3 is 10.2 Å². The van der Waals surface area contributed by atoms with Gasteiger partial charge >= 0.3 is 0 Å². The van der Waals surface area contributed by atoms with Gasteiger partial charge in [0, 0.05) is 38.8 Å². The minimum absolute atomic E-state index is 0.308. The average molecular weight is 225 g/mol. The molecular weight excluding hydrogens is 202 g/mol. The number of nitrogens with zero attached hydrogens (tertiary/aromatic N) is 2. The summed E-state index contributed by atoms with van der Waals surface area (Å²) >= 11 is 0. The van der Waals surface area contributed by atoms with Gasteiger partial charge in [-0.05, 0) is 19.3 Å². The minimum atomic E-state index is 0.308. The molecule has 0 aliphatic carbocycles. The highest BCUT2D eigenvalue weighted by molar-refractivity contribution is 5.78. The Labute approximate surface area is 98.0 Å². The standard InChI is InChI=1S/C12H23N3O/c1-10-7-11(2)15(8-10)9-12(16)14-5-3-13-4-6-14/h10-11,13H,3-9H2,1-2H3. The summed E-state index contributed by atoms with van der Waals surface area (Å²) in [5.74, 6) is 1.05. The molecule has 0 radical (unpaired) electrons. The predicted molar refractivity (Wildman–Crippen MR) is 64.3 cm³/mol. The monoisotopic (exact) mass is 225 g/mol. The van der Waals surface area contributed by atoms with Crippen molar-refractivity contribution in [2.45, 2.75) is 26.3 Å². The smallest absolute Gasteiger partial charge is 0.236 e. The molecule has 2 unspecified atom stereocenters. The van der Waals surface area contributed by atoms with E-state index < -0.39 is 0 Å². The molecular formula is C12H23N3O. The van der Waals surface area contributed by atoms with Gasteiger partial charge in [0.15, 0.2) is 0 Å². The van der Waals surface area contributed by atoms with Crippen molar-refractivity contribution >= 4 is 5.91 Å². The lowest BCUT2D eigenvalue weighted by molar-refractivity contribution is -0.133. The van der Waals surface area contributed by atoms with Crippen molar-refractivity contribution in [2.75, 3.05) is 39.3 Å². The molecule has 2 fully saturated rings. The predicted octanol–water partition coefficient (Wildman–Crippen LogP) is 0.149. The average Bonchev–Trinajstić information content (AvgIpc) is 2.59. The second-order valence-electron chi connectivity index (χ2n) is 5.25. The fourth-order valence-corrected chi connectivity index (χ4v) is 2.79. The van der Waals surface area contributed by atoms with Crippen molar-refractivity contribution in [1.29, 1.82) is 0 Å². The molecule has 2 saturated heterocycles. The Morgan fingerprint density at radius 3 is 2.56 bits per heavy atom. The lowest BCUT2D eigenvalue weighted by Crippen LogP contribution is -2.50. The topological polar surface area (TPSA) is 35.6 Å². The molecule has 4 nitrogen and oxygen atoms in total. The zero-order valence-corrected chi connectivity index (χ0v) is 10.4. The Morgan fingerprint density at radius 2 is 2.00 bits per heavy atom. The molecule has 1 amide bonds. The molecule has 0 aromatic carbocycles. The van der Waals surface area contributed by atoms with E-state index in [-0.39, 0.29) is 0 Å². The zero-order valence-electron chi connectivity index (χ0n) is 10.4. The highest BCUT2D eigenvalue weighted by Gasteiger charge is 2.29. The van der Waals surface area contributed by atoms with Crippen LogP contribution in [0.15, 0.2) is 0 Å². The Bertz CT molecular complexity index is 251. The van der Waals surface area contributed by atoms with Crippen molar-refractivity contribution in [3.8, 4) is 0 Å². The maximum absolute atomic E-state index is 12.1. The second kappa shape index (κ2) is 5.15. The third kappa shape index (κ3) is 2.74. The van der Waals surface area contributed by atoms with E-state index >= 15 is 0 Å². The summed E-state index contributed by atoms with van der Waals surface area (Å²) < 4.78 is 0. The van der Waals surface area contributed by atoms with Crippen LogP contribution < -0.4 is 5.32 Å². The Hall–Kier alpha value is -0.610. The van der Waals surface area contributed by atoms with Crippen LogP contribution in [0.25, 0.3) is 0 Å². The third-order valence-corrected chi connectivity index (χ3v) is 3.72. The van der Waals surface area contributed by atoms with Gasteiger partial charge in [-0.3, -0.25) is 9.69 Å². The van der Waals surface area contributed by atoms with Gasteiger partial charge in [-0.1, -0.05) is 6.92 Å². The van der Waals surface area contributed by atoms with Crippen molar-refractivity contribution in [3.05, 3.63) is 0 Å². The number of hydrogen-bond donors (Lipinski definition) is 1. The maximum Gasteiger partial charge on any atom is 0.236 e. The maximum atomic E-state index is 12.1. The number of hydrogen-bond acceptors (Lipinski definition) is 3. The number of carbonyl (C=O) groups is 1. The number of likely N-dealkylation sites (tertiary alicyclic amines) is 1. The highest BCUT2D eigenvalue weighted by Crippen LogP contribution is 2.21. The summed E-state index contributed by atoms with van der Waals surface area (Å²) in [6.45, 7) is 9.83. The van der Waals surface area contributed by atoms with Gasteiger partial charge in [0.25, 0.3) is 0 Å². The summed E-state index contributed by atoms with van der Waals surface area (Å²) in [5.41, 5.74) is 0. The molecule has 16 heavy (non-hydrogen) atoms. The molecule has 0 spiro atoms. The van der Waals surface area contributed by atoms with Crippen LogP contribution in [-0.2, 0) is 4.79 Å². The van der Waals surface area contributed by atoms with E-state index in [2.05, 4.69) is 24.1 Å². The summed E-state index contributed by atoms with van der Waals surface area (Å²) in [7, 11) is 0. The van der Waals surface area contributed by atoms with Crippen LogP contribution in [0.1, 0.15) is 20.3 Å². The molecule has 2 aliphatic heterocycles. The largest absolute Gasteiger partial charge is 0.339 e. The Kier molecular flexibility index (Phi) is 3.82. The molecule has 1 N–H and O–H groups in total. The Balaban J connectivity index is 1.82. The molecule has 2 heterocycles. The van der Waals surface area contributed by atoms with Crippen molar-refractivity contribution in [1.82, 2.24) is 15.1 Å². The fourth-order valence-electron chi connectivity index (χ4n) is 2.79. The van der Waals surface area contributed by atoms with E-state index in [9.17, 15) is 4.79 Å². The number of rotatable bonds is 2. The van der Waals surface area contributed by atoms with E-state index in [0.29, 0.717) is 18.5 Å². The number of amides is 1. The molecule has 0 saturated carbocycles. The summed E-state index contributed by atoms with van der Waals surface area (Å²) in [6.07, 6.45) is 1.23. The first-order valence-corrected chi connectivity index (χ1v) is 6.39. The van der Waals surface area contributed by atoms with Crippen LogP contribution >= 0.6 is 0 Å². The molecule has 92 valence electrons. The first-order chi connectivity index (χ1) is 7.66. The van der Waals surface area contributed by atoms with E-state index in [0.717, 1.165) is 38.6 Å². The molecule has 0 aromatic rings. The quantitative estimate of drug-likeness (QED) is 0.726. The fraction of sp³-hybridized carbons (Fsp3) is 0.917. The van der Waals surface area contributed by atoms with Crippen LogP contribution in [0, 0.1) is 5.92 Å². The lowest BCUT2D eigenvalue weighted by Gasteiger charge is -2.30. The lowest BCUT2D eigenvalue weighted by atomic mass is 10.1. The van der Waals surface area contributed by atoms with Crippen LogP contribution in [0.2, 0.25) is 0 Å². The van der Waals surface area contributed by atoms with E-state index in [1.807, 2.05) is 4.90 Å². The first-order valence-electron chi connectivity index (χ1n) is 6.39. The number of nitrogens with one attached hydrogen (secondary N) is 1. The van der Waals surface area contributed by atoms with Gasteiger partial charge in [0.1, 0.15) is 0 Å². The normalized spacial score (nSPS) is 32.0. The van der Waals surface area contributed by atoms with Crippen molar-refractivity contribution < 1.29 is 4.79 Å². The summed E-state index contributed by atoms with van der Waals surface area (Å²) in [5, 5.41) is 3.27. The van der Waals surface area contributed by atoms with Crippen LogP contribution in [0.5, 0.6) is 0 Å². The van der Waals surface area contributed by atoms with E-state index in [1.54, 1.807) is 0 Å². The molecule has 2 atom stereocenters. The van der Waals surface area contributed by atoms with Gasteiger partial charge in [0.05, 0.1) is 6.54 Å². The number of piperazine rings is 1. The SMILES string of the molecule is CC1CC(C)N(CC(=O)N2CCNCC2)C1. The van der Waals surface area contributed by atoms with Gasteiger partial charge in [-0.25, -0.2) is 0 Å². The molecule has 4 heteroatoms. The first kappa shape index (κ1) is 11.9. The van der Waals surface area contributed by atoms with Crippen molar-refractivity contribution in [3.63, 3.8) is 0 Å². The van der Waals surface area contributed by atoms with Crippen LogP contribution in [0.4, 0.5) is 0 Å². The number of carbonyl (C=O) groups excluding carboxylic acids is 1. The molecule has 0 aromatic heterocycles. The van der Waals surface area contributed by atoms with Crippen molar-refractivity contribution in [2.24, 2.45) is 5.92 Å². The molecule has 2 rings (SSSR count). The molecule has 0 bridgehead atoms. The second-order valence-corrected chi connectivity index (χ2v) is 5.25. The third-order valence-electron chi connectivity index (χ3n) is 3.72. The zero-order chi connectivity index (χ0) is 11.5. The van der Waals surface area contributed by atoms with Gasteiger partial charge in [-0.15, -0.1) is 0 Å². The van der Waals surface area contributed by atoms with E-state index in [4.69, 9.17) is 0 Å². The molecule has 2 aliphatic rings. The van der Waals surface area contributed by atoms with Gasteiger partial charge in [-0.2, -0.15) is 0 Å². The van der Waals surface area contributed by atoms with E-state index in [1.165, 1.54) is 6.42 Å². The summed E-state index contributed by atoms with van der Waals surface area (Å²) in [6, 6.07) is 0.571. The van der Waals surface area contributed by atoms with Crippen LogP contribution in [0.3, 0.4) is 0 Å². The highest BCUT2D eigenvalue weighted by atomic mass is 16.2. The van der Waals surface area contributed by atoms with Gasteiger partial charge in [0.2, 0.25) is 5.91 Å².